The van der Waals surface area contributed by atoms with Crippen molar-refractivity contribution in [2.45, 2.75) is 37.8 Å². The number of rotatable bonds is 2. The first kappa shape index (κ1) is 13.9. The number of nitrogens with zero attached hydrogens (tertiary/aromatic N) is 3. The van der Waals surface area contributed by atoms with Gasteiger partial charge in [-0.1, -0.05) is 25.0 Å². The molecule has 0 atom stereocenters. The zero-order chi connectivity index (χ0) is 15.0. The molecule has 1 aromatic carbocycles. The van der Waals surface area contributed by atoms with Crippen molar-refractivity contribution in [2.24, 2.45) is 0 Å². The van der Waals surface area contributed by atoms with Crippen molar-refractivity contribution in [1.82, 2.24) is 14.9 Å². The lowest BCUT2D eigenvalue weighted by atomic mass is 9.94. The summed E-state index contributed by atoms with van der Waals surface area (Å²) in [6, 6.07) is 7.94. The number of benzene rings is 1. The van der Waals surface area contributed by atoms with Crippen LogP contribution in [0, 0.1) is 0 Å². The van der Waals surface area contributed by atoms with Crippen LogP contribution >= 0.6 is 0 Å². The van der Waals surface area contributed by atoms with Crippen molar-refractivity contribution in [2.75, 3.05) is 25.5 Å². The van der Waals surface area contributed by atoms with E-state index in [0.717, 1.165) is 43.0 Å². The molecular weight excluding hydrogens is 276 g/mol. The molecule has 5 heteroatoms. The Balaban J connectivity index is 1.64. The summed E-state index contributed by atoms with van der Waals surface area (Å²) in [5.74, 6) is 1.40. The number of fused-ring (bicyclic) bond motifs is 1. The first-order valence-electron chi connectivity index (χ1n) is 8.11. The van der Waals surface area contributed by atoms with E-state index < -0.39 is 0 Å². The second-order valence-electron chi connectivity index (χ2n) is 6.45. The van der Waals surface area contributed by atoms with Crippen LogP contribution in [-0.2, 0) is 11.3 Å². The van der Waals surface area contributed by atoms with Crippen molar-refractivity contribution in [1.29, 1.82) is 0 Å². The molecule has 22 heavy (non-hydrogen) atoms. The zero-order valence-corrected chi connectivity index (χ0v) is 12.8. The SMILES string of the molecule is Nc1nc(CN2CCOCC23CCCC3)nc2ccccc12. The van der Waals surface area contributed by atoms with E-state index in [1.54, 1.807) is 0 Å². The van der Waals surface area contributed by atoms with Gasteiger partial charge in [-0.25, -0.2) is 9.97 Å². The molecule has 2 N–H and O–H groups in total. The monoisotopic (exact) mass is 298 g/mol. The summed E-state index contributed by atoms with van der Waals surface area (Å²) in [6.07, 6.45) is 5.02. The van der Waals surface area contributed by atoms with Crippen LogP contribution in [-0.4, -0.2) is 40.2 Å². The number of aromatic nitrogens is 2. The molecule has 1 saturated heterocycles. The maximum absolute atomic E-state index is 6.11. The van der Waals surface area contributed by atoms with Gasteiger partial charge < -0.3 is 10.5 Å². The Morgan fingerprint density at radius 2 is 2.00 bits per heavy atom. The third-order valence-electron chi connectivity index (χ3n) is 5.09. The van der Waals surface area contributed by atoms with E-state index >= 15 is 0 Å². The number of nitrogens with two attached hydrogens (primary N) is 1. The summed E-state index contributed by atoms with van der Waals surface area (Å²) < 4.78 is 5.76. The molecule has 2 fully saturated rings. The van der Waals surface area contributed by atoms with Crippen LogP contribution in [0.5, 0.6) is 0 Å². The fourth-order valence-corrected chi connectivity index (χ4v) is 3.90. The van der Waals surface area contributed by atoms with Gasteiger partial charge in [-0.2, -0.15) is 0 Å². The number of anilines is 1. The van der Waals surface area contributed by atoms with Gasteiger partial charge >= 0.3 is 0 Å². The molecule has 0 radical (unpaired) electrons. The van der Waals surface area contributed by atoms with Crippen LogP contribution in [0.1, 0.15) is 31.5 Å². The molecule has 4 rings (SSSR count). The van der Waals surface area contributed by atoms with Gasteiger partial charge in [0.25, 0.3) is 0 Å². The Labute approximate surface area is 130 Å². The van der Waals surface area contributed by atoms with Crippen LogP contribution in [0.15, 0.2) is 24.3 Å². The lowest BCUT2D eigenvalue weighted by Gasteiger charge is -2.44. The van der Waals surface area contributed by atoms with Gasteiger partial charge in [0.15, 0.2) is 0 Å². The fourth-order valence-electron chi connectivity index (χ4n) is 3.90. The minimum Gasteiger partial charge on any atom is -0.383 e. The van der Waals surface area contributed by atoms with E-state index in [4.69, 9.17) is 15.5 Å². The third kappa shape index (κ3) is 2.34. The summed E-state index contributed by atoms with van der Waals surface area (Å²) in [5, 5.41) is 0.934. The number of nitrogen functional groups attached to an aromatic ring is 1. The highest BCUT2D eigenvalue weighted by molar-refractivity contribution is 5.87. The van der Waals surface area contributed by atoms with Crippen molar-refractivity contribution in [3.8, 4) is 0 Å². The molecule has 2 heterocycles. The molecule has 0 bridgehead atoms. The number of morpholine rings is 1. The molecule has 116 valence electrons. The highest BCUT2D eigenvalue weighted by Crippen LogP contribution is 2.38. The lowest BCUT2D eigenvalue weighted by Crippen LogP contribution is -2.54. The van der Waals surface area contributed by atoms with Gasteiger partial charge in [0.1, 0.15) is 11.6 Å². The summed E-state index contributed by atoms with van der Waals surface area (Å²) >= 11 is 0. The molecule has 2 aliphatic rings. The maximum Gasteiger partial charge on any atom is 0.145 e. The average Bonchev–Trinajstić information content (AvgIpc) is 2.99. The highest BCUT2D eigenvalue weighted by atomic mass is 16.5. The van der Waals surface area contributed by atoms with Gasteiger partial charge in [0.2, 0.25) is 0 Å². The predicted molar refractivity (Wildman–Crippen MR) is 86.4 cm³/mol. The molecule has 1 saturated carbocycles. The van der Waals surface area contributed by atoms with E-state index in [9.17, 15) is 0 Å². The molecule has 1 aliphatic carbocycles. The van der Waals surface area contributed by atoms with E-state index in [2.05, 4.69) is 9.88 Å². The molecular formula is C17H22N4O. The minimum absolute atomic E-state index is 0.196. The Bertz CT molecular complexity index is 681. The summed E-state index contributed by atoms with van der Waals surface area (Å²) in [7, 11) is 0. The van der Waals surface area contributed by atoms with Crippen molar-refractivity contribution in [3.05, 3.63) is 30.1 Å². The molecule has 1 aliphatic heterocycles. The largest absolute Gasteiger partial charge is 0.383 e. The quantitative estimate of drug-likeness (QED) is 0.922. The maximum atomic E-state index is 6.11. The van der Waals surface area contributed by atoms with Crippen molar-refractivity contribution in [3.63, 3.8) is 0 Å². The van der Waals surface area contributed by atoms with Crippen LogP contribution in [0.3, 0.4) is 0 Å². The molecule has 0 unspecified atom stereocenters. The summed E-state index contributed by atoms with van der Waals surface area (Å²) in [6.45, 7) is 3.36. The van der Waals surface area contributed by atoms with Gasteiger partial charge in [-0.15, -0.1) is 0 Å². The van der Waals surface area contributed by atoms with Gasteiger partial charge in [-0.05, 0) is 25.0 Å². The van der Waals surface area contributed by atoms with E-state index in [-0.39, 0.29) is 5.54 Å². The van der Waals surface area contributed by atoms with Gasteiger partial charge in [0, 0.05) is 17.5 Å². The third-order valence-corrected chi connectivity index (χ3v) is 5.09. The van der Waals surface area contributed by atoms with Crippen molar-refractivity contribution >= 4 is 16.7 Å². The second kappa shape index (κ2) is 5.48. The molecule has 2 aromatic rings. The van der Waals surface area contributed by atoms with Gasteiger partial charge in [-0.3, -0.25) is 4.90 Å². The standard InChI is InChI=1S/C17H22N4O/c18-16-13-5-1-2-6-14(13)19-15(20-16)11-21-9-10-22-12-17(21)7-3-4-8-17/h1-2,5-6H,3-4,7-12H2,(H2,18,19,20). The average molecular weight is 298 g/mol. The number of ether oxygens (including phenoxy) is 1. The molecule has 1 spiro atoms. The Kier molecular flexibility index (Phi) is 3.47. The zero-order valence-electron chi connectivity index (χ0n) is 12.8. The molecule has 1 aromatic heterocycles. The lowest BCUT2D eigenvalue weighted by molar-refractivity contribution is -0.0712. The number of para-hydroxylation sites is 1. The van der Waals surface area contributed by atoms with E-state index in [1.807, 2.05) is 24.3 Å². The number of hydrogen-bond acceptors (Lipinski definition) is 5. The normalized spacial score (nSPS) is 21.6. The Hall–Kier alpha value is -1.72. The van der Waals surface area contributed by atoms with Crippen LogP contribution in [0.25, 0.3) is 10.9 Å². The number of hydrogen-bond donors (Lipinski definition) is 1. The van der Waals surface area contributed by atoms with Gasteiger partial charge in [0.05, 0.1) is 25.3 Å². The second-order valence-corrected chi connectivity index (χ2v) is 6.45. The fraction of sp³-hybridized carbons (Fsp3) is 0.529. The van der Waals surface area contributed by atoms with Crippen LogP contribution in [0.2, 0.25) is 0 Å². The predicted octanol–water partition coefficient (Wildman–Crippen LogP) is 2.36. The smallest absolute Gasteiger partial charge is 0.145 e. The molecule has 5 nitrogen and oxygen atoms in total. The first-order valence-corrected chi connectivity index (χ1v) is 8.11. The van der Waals surface area contributed by atoms with Crippen LogP contribution in [0.4, 0.5) is 5.82 Å². The van der Waals surface area contributed by atoms with E-state index in [1.165, 1.54) is 25.7 Å². The van der Waals surface area contributed by atoms with E-state index in [0.29, 0.717) is 5.82 Å². The molecule has 0 amide bonds. The summed E-state index contributed by atoms with van der Waals surface area (Å²) in [5.41, 5.74) is 7.24. The van der Waals surface area contributed by atoms with Crippen molar-refractivity contribution < 1.29 is 4.74 Å². The Morgan fingerprint density at radius 3 is 2.86 bits per heavy atom. The van der Waals surface area contributed by atoms with Crippen LogP contribution < -0.4 is 5.73 Å². The minimum atomic E-state index is 0.196. The topological polar surface area (TPSA) is 64.3 Å². The Morgan fingerprint density at radius 1 is 1.18 bits per heavy atom. The summed E-state index contributed by atoms with van der Waals surface area (Å²) in [4.78, 5) is 11.8. The highest BCUT2D eigenvalue weighted by Gasteiger charge is 2.42. The first-order chi connectivity index (χ1) is 10.8.